The molecule has 0 unspecified atom stereocenters. The maximum atomic E-state index is 13.5. The first-order chi connectivity index (χ1) is 15.6. The van der Waals surface area contributed by atoms with Crippen LogP contribution < -0.4 is 5.56 Å². The van der Waals surface area contributed by atoms with Crippen molar-refractivity contribution in [3.8, 4) is 5.69 Å². The van der Waals surface area contributed by atoms with Crippen molar-refractivity contribution >= 4 is 28.4 Å². The summed E-state index contributed by atoms with van der Waals surface area (Å²) in [6.45, 7) is 4.03. The fraction of sp³-hybridized carbons (Fsp3) is 0.160. The largest absolute Gasteiger partial charge is 0.388 e. The second kappa shape index (κ2) is 8.26. The third-order valence-corrected chi connectivity index (χ3v) is 6.77. The third-order valence-electron chi connectivity index (χ3n) is 5.77. The van der Waals surface area contributed by atoms with Crippen LogP contribution in [-0.4, -0.2) is 30.0 Å². The van der Waals surface area contributed by atoms with Crippen molar-refractivity contribution in [2.45, 2.75) is 25.1 Å². The predicted octanol–water partition coefficient (Wildman–Crippen LogP) is 4.48. The molecule has 5 aromatic rings. The summed E-state index contributed by atoms with van der Waals surface area (Å²) in [5.74, 6) is 0.876. The van der Waals surface area contributed by atoms with Gasteiger partial charge in [-0.25, -0.2) is 4.57 Å². The van der Waals surface area contributed by atoms with Crippen molar-refractivity contribution < 1.29 is 5.11 Å². The standard InChI is InChI=1S/C25H22N4O2S/c1-16-9-8-14-20(17(16)2)28-23(31)19-12-6-7-13-21(19)29-24(28)26-27-25(29)32-15-22(30)18-10-4-3-5-11-18/h3-14,22,30H,15H2,1-2H3/t22-/m1/s1. The van der Waals surface area contributed by atoms with Gasteiger partial charge in [0.05, 0.1) is 22.7 Å². The fourth-order valence-electron chi connectivity index (χ4n) is 3.89. The Morgan fingerprint density at radius 1 is 0.938 bits per heavy atom. The lowest BCUT2D eigenvalue weighted by Crippen LogP contribution is -2.22. The Balaban J connectivity index is 1.68. The molecule has 0 aliphatic rings. The predicted molar refractivity (Wildman–Crippen MR) is 128 cm³/mol. The van der Waals surface area contributed by atoms with Crippen molar-refractivity contribution in [1.82, 2.24) is 19.2 Å². The minimum atomic E-state index is -0.635. The van der Waals surface area contributed by atoms with Crippen molar-refractivity contribution in [2.24, 2.45) is 0 Å². The van der Waals surface area contributed by atoms with Crippen LogP contribution in [0, 0.1) is 13.8 Å². The second-order valence-corrected chi connectivity index (χ2v) is 8.72. The topological polar surface area (TPSA) is 72.4 Å². The summed E-state index contributed by atoms with van der Waals surface area (Å²) in [4.78, 5) is 13.5. The van der Waals surface area contributed by atoms with Gasteiger partial charge in [0.2, 0.25) is 5.78 Å². The Hall–Kier alpha value is -3.42. The summed E-state index contributed by atoms with van der Waals surface area (Å²) in [5, 5.41) is 20.6. The summed E-state index contributed by atoms with van der Waals surface area (Å²) in [6.07, 6.45) is -0.635. The number of aryl methyl sites for hydroxylation is 1. The molecule has 3 aromatic carbocycles. The molecule has 2 aromatic heterocycles. The molecule has 2 heterocycles. The van der Waals surface area contributed by atoms with Crippen LogP contribution in [0.2, 0.25) is 0 Å². The zero-order chi connectivity index (χ0) is 22.2. The smallest absolute Gasteiger partial charge is 0.267 e. The highest BCUT2D eigenvalue weighted by Gasteiger charge is 2.20. The highest BCUT2D eigenvalue weighted by Crippen LogP contribution is 2.27. The van der Waals surface area contributed by atoms with E-state index in [4.69, 9.17) is 0 Å². The average molecular weight is 443 g/mol. The molecular formula is C25H22N4O2S. The molecule has 0 bridgehead atoms. The molecule has 1 atom stereocenters. The first-order valence-corrected chi connectivity index (χ1v) is 11.4. The molecule has 0 aliphatic heterocycles. The van der Waals surface area contributed by atoms with Crippen LogP contribution in [0.15, 0.2) is 82.7 Å². The number of para-hydroxylation sites is 1. The van der Waals surface area contributed by atoms with Gasteiger partial charge in [-0.2, -0.15) is 0 Å². The molecule has 160 valence electrons. The summed E-state index contributed by atoms with van der Waals surface area (Å²) in [6, 6.07) is 22.9. The maximum absolute atomic E-state index is 13.5. The summed E-state index contributed by atoms with van der Waals surface area (Å²) in [5.41, 5.74) is 4.38. The number of benzene rings is 3. The monoisotopic (exact) mass is 442 g/mol. The van der Waals surface area contributed by atoms with Crippen LogP contribution in [-0.2, 0) is 0 Å². The quantitative estimate of drug-likeness (QED) is 0.407. The Morgan fingerprint density at radius 2 is 1.69 bits per heavy atom. The highest BCUT2D eigenvalue weighted by molar-refractivity contribution is 7.99. The Kier molecular flexibility index (Phi) is 5.28. The number of rotatable bonds is 5. The lowest BCUT2D eigenvalue weighted by atomic mass is 10.1. The van der Waals surface area contributed by atoms with Crippen LogP contribution in [0.4, 0.5) is 0 Å². The van der Waals surface area contributed by atoms with E-state index < -0.39 is 6.10 Å². The third kappa shape index (κ3) is 3.39. The van der Waals surface area contributed by atoms with Crippen molar-refractivity contribution in [2.75, 3.05) is 5.75 Å². The molecule has 0 saturated heterocycles. The first kappa shape index (κ1) is 20.5. The number of aliphatic hydroxyl groups excluding tert-OH is 1. The van der Waals surface area contributed by atoms with Crippen molar-refractivity contribution in [3.05, 3.63) is 99.8 Å². The number of aliphatic hydroxyl groups is 1. The number of nitrogens with zero attached hydrogens (tertiary/aromatic N) is 4. The minimum Gasteiger partial charge on any atom is -0.388 e. The van der Waals surface area contributed by atoms with Gasteiger partial charge in [0.15, 0.2) is 5.16 Å². The van der Waals surface area contributed by atoms with Crippen LogP contribution >= 0.6 is 11.8 Å². The van der Waals surface area contributed by atoms with Crippen molar-refractivity contribution in [1.29, 1.82) is 0 Å². The van der Waals surface area contributed by atoms with E-state index >= 15 is 0 Å². The van der Waals surface area contributed by atoms with Gasteiger partial charge in [0.25, 0.3) is 5.56 Å². The molecule has 7 heteroatoms. The van der Waals surface area contributed by atoms with Gasteiger partial charge in [0, 0.05) is 5.75 Å². The lowest BCUT2D eigenvalue weighted by Gasteiger charge is -2.15. The number of hydrogen-bond donors (Lipinski definition) is 1. The van der Waals surface area contributed by atoms with E-state index in [1.165, 1.54) is 11.8 Å². The van der Waals surface area contributed by atoms with Crippen LogP contribution in [0.1, 0.15) is 22.8 Å². The highest BCUT2D eigenvalue weighted by atomic mass is 32.2. The molecule has 0 radical (unpaired) electrons. The number of fused-ring (bicyclic) bond motifs is 3. The van der Waals surface area contributed by atoms with E-state index in [9.17, 15) is 9.90 Å². The van der Waals surface area contributed by atoms with E-state index in [0.29, 0.717) is 22.1 Å². The molecule has 0 amide bonds. The zero-order valence-corrected chi connectivity index (χ0v) is 18.6. The molecule has 1 N–H and O–H groups in total. The van der Waals surface area contributed by atoms with E-state index in [-0.39, 0.29) is 5.56 Å². The molecule has 32 heavy (non-hydrogen) atoms. The number of aromatic nitrogens is 4. The molecule has 0 fully saturated rings. The molecule has 6 nitrogen and oxygen atoms in total. The van der Waals surface area contributed by atoms with Gasteiger partial charge in [-0.3, -0.25) is 9.20 Å². The molecule has 0 saturated carbocycles. The molecular weight excluding hydrogens is 420 g/mol. The molecule has 0 aliphatic carbocycles. The van der Waals surface area contributed by atoms with Crippen LogP contribution in [0.25, 0.3) is 22.4 Å². The summed E-state index contributed by atoms with van der Waals surface area (Å²) in [7, 11) is 0. The van der Waals surface area contributed by atoms with Crippen LogP contribution in [0.5, 0.6) is 0 Å². The zero-order valence-electron chi connectivity index (χ0n) is 17.8. The Morgan fingerprint density at radius 3 is 2.50 bits per heavy atom. The maximum Gasteiger partial charge on any atom is 0.267 e. The number of hydrogen-bond acceptors (Lipinski definition) is 5. The van der Waals surface area contributed by atoms with Gasteiger partial charge < -0.3 is 5.11 Å². The van der Waals surface area contributed by atoms with Crippen LogP contribution in [0.3, 0.4) is 0 Å². The number of thioether (sulfide) groups is 1. The van der Waals surface area contributed by atoms with E-state index in [1.807, 2.05) is 91.0 Å². The van der Waals surface area contributed by atoms with Gasteiger partial charge in [-0.05, 0) is 48.7 Å². The Labute approximate surface area is 189 Å². The lowest BCUT2D eigenvalue weighted by molar-refractivity contribution is 0.204. The molecule has 0 spiro atoms. The SMILES string of the molecule is Cc1cccc(-n2c(=O)c3ccccc3n3c(SC[C@@H](O)c4ccccc4)nnc23)c1C. The summed E-state index contributed by atoms with van der Waals surface area (Å²) >= 11 is 1.42. The fourth-order valence-corrected chi connectivity index (χ4v) is 4.80. The molecule has 5 rings (SSSR count). The summed E-state index contributed by atoms with van der Waals surface area (Å²) < 4.78 is 3.54. The van der Waals surface area contributed by atoms with Gasteiger partial charge in [0.1, 0.15) is 0 Å². The minimum absolute atomic E-state index is 0.130. The van der Waals surface area contributed by atoms with Gasteiger partial charge in [-0.1, -0.05) is 66.4 Å². The Bertz CT molecular complexity index is 1490. The first-order valence-electron chi connectivity index (χ1n) is 10.4. The van der Waals surface area contributed by atoms with Gasteiger partial charge >= 0.3 is 0 Å². The van der Waals surface area contributed by atoms with Gasteiger partial charge in [-0.15, -0.1) is 10.2 Å². The second-order valence-electron chi connectivity index (χ2n) is 7.73. The normalized spacial score (nSPS) is 12.5. The average Bonchev–Trinajstić information content (AvgIpc) is 3.24. The van der Waals surface area contributed by atoms with E-state index in [0.717, 1.165) is 27.9 Å². The van der Waals surface area contributed by atoms with Crippen molar-refractivity contribution in [3.63, 3.8) is 0 Å². The van der Waals surface area contributed by atoms with E-state index in [1.54, 1.807) is 4.57 Å². The van der Waals surface area contributed by atoms with E-state index in [2.05, 4.69) is 10.2 Å².